The average molecular weight is 393 g/mol. The molecule has 0 atom stereocenters. The van der Waals surface area contributed by atoms with Crippen molar-refractivity contribution >= 4 is 45.1 Å². The molecule has 1 aliphatic heterocycles. The maximum absolute atomic E-state index is 2.34. The Balaban J connectivity index is 1.60. The lowest BCUT2D eigenvalue weighted by molar-refractivity contribution is 1.16. The third-order valence-corrected chi connectivity index (χ3v) is 7.91. The summed E-state index contributed by atoms with van der Waals surface area (Å²) in [6.45, 7) is 0. The van der Waals surface area contributed by atoms with E-state index in [0.717, 1.165) is 0 Å². The van der Waals surface area contributed by atoms with Gasteiger partial charge in [-0.05, 0) is 63.0 Å². The number of benzene rings is 5. The van der Waals surface area contributed by atoms with Crippen molar-refractivity contribution in [1.29, 1.82) is 0 Å². The number of hydrogen-bond donors (Lipinski definition) is 0. The largest absolute Gasteiger partial charge is 0.0877 e. The van der Waals surface area contributed by atoms with E-state index in [0.29, 0.717) is 0 Å². The second-order valence-corrected chi connectivity index (χ2v) is 9.15. The van der Waals surface area contributed by atoms with Crippen molar-refractivity contribution in [3.8, 4) is 11.1 Å². The van der Waals surface area contributed by atoms with Crippen LogP contribution in [-0.2, 0) is 0 Å². The first-order valence-electron chi connectivity index (χ1n) is 9.36. The van der Waals surface area contributed by atoms with Gasteiger partial charge in [0, 0.05) is 19.6 Å². The summed E-state index contributed by atoms with van der Waals surface area (Å²) in [4.78, 5) is 5.41. The van der Waals surface area contributed by atoms with Gasteiger partial charge >= 0.3 is 0 Å². The third-order valence-electron chi connectivity index (χ3n) is 5.30. The summed E-state index contributed by atoms with van der Waals surface area (Å²) >= 11 is 3.77. The summed E-state index contributed by atoms with van der Waals surface area (Å²) in [6.07, 6.45) is 0. The van der Waals surface area contributed by atoms with Gasteiger partial charge in [0.2, 0.25) is 0 Å². The molecule has 0 aromatic heterocycles. The summed E-state index contributed by atoms with van der Waals surface area (Å²) in [5.41, 5.74) is 2.64. The molecule has 6 rings (SSSR count). The van der Waals surface area contributed by atoms with Gasteiger partial charge in [0.25, 0.3) is 0 Å². The molecule has 0 N–H and O–H groups in total. The molecule has 0 fully saturated rings. The van der Waals surface area contributed by atoms with Crippen LogP contribution in [-0.4, -0.2) is 0 Å². The summed E-state index contributed by atoms with van der Waals surface area (Å²) in [7, 11) is 0. The SMILES string of the molecule is c1ccc2c(c1)Sc1cccc(-c3cccc4cc5ccccc5cc34)c1S2. The van der Waals surface area contributed by atoms with Crippen LogP contribution in [0.1, 0.15) is 0 Å². The van der Waals surface area contributed by atoms with E-state index >= 15 is 0 Å². The van der Waals surface area contributed by atoms with Gasteiger partial charge in [0.15, 0.2) is 0 Å². The fourth-order valence-corrected chi connectivity index (χ4v) is 6.36. The van der Waals surface area contributed by atoms with Crippen molar-refractivity contribution in [2.75, 3.05) is 0 Å². The Morgan fingerprint density at radius 2 is 1.04 bits per heavy atom. The Hall–Kier alpha value is -2.68. The molecule has 1 aliphatic rings. The molecule has 0 unspecified atom stereocenters. The molecular formula is C26H16S2. The molecule has 28 heavy (non-hydrogen) atoms. The monoisotopic (exact) mass is 392 g/mol. The smallest absolute Gasteiger partial charge is 0.0341 e. The Labute approximate surface area is 172 Å². The zero-order valence-corrected chi connectivity index (χ0v) is 16.7. The summed E-state index contributed by atoms with van der Waals surface area (Å²) in [5, 5.41) is 5.20. The normalized spacial score (nSPS) is 12.7. The van der Waals surface area contributed by atoms with E-state index < -0.39 is 0 Å². The quantitative estimate of drug-likeness (QED) is 0.258. The summed E-state index contributed by atoms with van der Waals surface area (Å²) < 4.78 is 0. The number of hydrogen-bond acceptors (Lipinski definition) is 2. The first-order chi connectivity index (χ1) is 13.9. The molecule has 2 heteroatoms. The van der Waals surface area contributed by atoms with Crippen molar-refractivity contribution in [3.05, 3.63) is 97.1 Å². The molecule has 0 amide bonds. The van der Waals surface area contributed by atoms with Crippen LogP contribution in [0.5, 0.6) is 0 Å². The molecule has 1 heterocycles. The van der Waals surface area contributed by atoms with Gasteiger partial charge in [-0.25, -0.2) is 0 Å². The minimum atomic E-state index is 1.29. The van der Waals surface area contributed by atoms with Crippen molar-refractivity contribution in [1.82, 2.24) is 0 Å². The van der Waals surface area contributed by atoms with Crippen molar-refractivity contribution in [3.63, 3.8) is 0 Å². The van der Waals surface area contributed by atoms with E-state index in [1.165, 1.54) is 52.3 Å². The summed E-state index contributed by atoms with van der Waals surface area (Å²) in [5.74, 6) is 0. The maximum atomic E-state index is 2.34. The lowest BCUT2D eigenvalue weighted by atomic mass is 9.95. The fourth-order valence-electron chi connectivity index (χ4n) is 3.96. The van der Waals surface area contributed by atoms with Crippen LogP contribution in [0.25, 0.3) is 32.7 Å². The molecular weight excluding hydrogens is 376 g/mol. The van der Waals surface area contributed by atoms with Crippen molar-refractivity contribution < 1.29 is 0 Å². The van der Waals surface area contributed by atoms with E-state index in [2.05, 4.69) is 97.1 Å². The molecule has 0 saturated carbocycles. The maximum Gasteiger partial charge on any atom is 0.0341 e. The zero-order chi connectivity index (χ0) is 18.5. The topological polar surface area (TPSA) is 0 Å². The Morgan fingerprint density at radius 3 is 1.89 bits per heavy atom. The molecule has 0 saturated heterocycles. The van der Waals surface area contributed by atoms with Gasteiger partial charge in [-0.3, -0.25) is 0 Å². The average Bonchev–Trinajstić information content (AvgIpc) is 2.75. The van der Waals surface area contributed by atoms with Crippen molar-refractivity contribution in [2.45, 2.75) is 19.6 Å². The Bertz CT molecular complexity index is 1370. The third kappa shape index (κ3) is 2.56. The first-order valence-corrected chi connectivity index (χ1v) is 11.0. The van der Waals surface area contributed by atoms with E-state index in [1.54, 1.807) is 0 Å². The molecule has 5 aromatic rings. The van der Waals surface area contributed by atoms with E-state index in [-0.39, 0.29) is 0 Å². The van der Waals surface area contributed by atoms with Crippen molar-refractivity contribution in [2.24, 2.45) is 0 Å². The number of fused-ring (bicyclic) bond motifs is 4. The van der Waals surface area contributed by atoms with Gasteiger partial charge in [-0.15, -0.1) is 0 Å². The van der Waals surface area contributed by atoms with E-state index in [9.17, 15) is 0 Å². The molecule has 0 spiro atoms. The molecule has 0 radical (unpaired) electrons. The molecule has 0 bridgehead atoms. The Morgan fingerprint density at radius 1 is 0.429 bits per heavy atom. The lowest BCUT2D eigenvalue weighted by Crippen LogP contribution is -1.93. The standard InChI is InChI=1S/C26H16S2/c1-2-8-18-16-22-19(15-17(18)7-1)9-5-10-20(22)21-11-6-14-25-26(21)28-24-13-4-3-12-23(24)27-25/h1-16H. The lowest BCUT2D eigenvalue weighted by Gasteiger charge is -2.21. The van der Waals surface area contributed by atoms with E-state index in [1.807, 2.05) is 23.5 Å². The molecule has 0 nitrogen and oxygen atoms in total. The van der Waals surface area contributed by atoms with Gasteiger partial charge in [-0.2, -0.15) is 0 Å². The summed E-state index contributed by atoms with van der Waals surface area (Å²) in [6, 6.07) is 35.3. The first kappa shape index (κ1) is 16.3. The molecule has 0 aliphatic carbocycles. The van der Waals surface area contributed by atoms with Crippen LogP contribution in [0.4, 0.5) is 0 Å². The van der Waals surface area contributed by atoms with Gasteiger partial charge in [0.1, 0.15) is 0 Å². The van der Waals surface area contributed by atoms with Gasteiger partial charge in [-0.1, -0.05) is 90.3 Å². The van der Waals surface area contributed by atoms with Gasteiger partial charge in [0.05, 0.1) is 0 Å². The van der Waals surface area contributed by atoms with Crippen LogP contribution >= 0.6 is 23.5 Å². The zero-order valence-electron chi connectivity index (χ0n) is 15.1. The minimum absolute atomic E-state index is 1.29. The minimum Gasteiger partial charge on any atom is -0.0877 e. The molecule has 5 aromatic carbocycles. The predicted octanol–water partition coefficient (Wildman–Crippen LogP) is 8.28. The van der Waals surface area contributed by atoms with Crippen LogP contribution in [0.2, 0.25) is 0 Å². The number of rotatable bonds is 1. The highest BCUT2D eigenvalue weighted by Gasteiger charge is 2.20. The Kier molecular flexibility index (Phi) is 3.75. The second-order valence-electron chi connectivity index (χ2n) is 7.01. The van der Waals surface area contributed by atoms with E-state index in [4.69, 9.17) is 0 Å². The van der Waals surface area contributed by atoms with Crippen LogP contribution in [0, 0.1) is 0 Å². The highest BCUT2D eigenvalue weighted by molar-refractivity contribution is 8.05. The fraction of sp³-hybridized carbons (Fsp3) is 0. The second kappa shape index (κ2) is 6.44. The highest BCUT2D eigenvalue weighted by Crippen LogP contribution is 2.52. The van der Waals surface area contributed by atoms with Crippen LogP contribution < -0.4 is 0 Å². The predicted molar refractivity (Wildman–Crippen MR) is 122 cm³/mol. The molecule has 132 valence electrons. The van der Waals surface area contributed by atoms with Gasteiger partial charge < -0.3 is 0 Å². The van der Waals surface area contributed by atoms with Crippen LogP contribution in [0.3, 0.4) is 0 Å². The van der Waals surface area contributed by atoms with Crippen LogP contribution in [0.15, 0.2) is 117 Å². The highest BCUT2D eigenvalue weighted by atomic mass is 32.2.